The second-order valence-corrected chi connectivity index (χ2v) is 10.5. The first-order valence-electron chi connectivity index (χ1n) is 11.5. The fraction of sp³-hybridized carbons (Fsp3) is 0.600. The van der Waals surface area contributed by atoms with E-state index >= 15 is 0 Å². The Morgan fingerprint density at radius 1 is 1.25 bits per heavy atom. The number of fused-ring (bicyclic) bond motifs is 3. The summed E-state index contributed by atoms with van der Waals surface area (Å²) >= 11 is 0. The van der Waals surface area contributed by atoms with Gasteiger partial charge in [-0.25, -0.2) is 4.79 Å². The van der Waals surface area contributed by atoms with E-state index in [4.69, 9.17) is 9.47 Å². The number of methoxy groups -OCH3 is 1. The molecule has 2 atom stereocenters. The van der Waals surface area contributed by atoms with Crippen molar-refractivity contribution in [2.75, 3.05) is 32.1 Å². The fourth-order valence-corrected chi connectivity index (χ4v) is 6.07. The molecule has 2 fully saturated rings. The molecule has 2 N–H and O–H groups in total. The minimum Gasteiger partial charge on any atom is -0.497 e. The highest BCUT2D eigenvalue weighted by molar-refractivity contribution is 6.11. The smallest absolute Gasteiger partial charge is 0.356 e. The molecule has 2 heterocycles. The molecular weight excluding hydrogens is 406 g/mol. The predicted octanol–water partition coefficient (Wildman–Crippen LogP) is 4.58. The number of benzene rings is 1. The number of esters is 1. The van der Waals surface area contributed by atoms with Crippen molar-refractivity contribution in [3.05, 3.63) is 23.9 Å². The third-order valence-electron chi connectivity index (χ3n) is 6.90. The number of aromatic amines is 1. The number of carbonyl (C=O) groups is 2. The van der Waals surface area contributed by atoms with Gasteiger partial charge in [-0.15, -0.1) is 0 Å². The van der Waals surface area contributed by atoms with Gasteiger partial charge in [0.15, 0.2) is 0 Å². The lowest BCUT2D eigenvalue weighted by Gasteiger charge is -2.39. The van der Waals surface area contributed by atoms with Crippen LogP contribution in [0.1, 0.15) is 63.9 Å². The van der Waals surface area contributed by atoms with Gasteiger partial charge < -0.3 is 19.8 Å². The van der Waals surface area contributed by atoms with Gasteiger partial charge in [-0.2, -0.15) is 0 Å². The topological polar surface area (TPSA) is 83.7 Å². The number of anilines is 1. The molecule has 174 valence electrons. The number of aromatic nitrogens is 1. The molecule has 1 saturated carbocycles. The Morgan fingerprint density at radius 3 is 2.75 bits per heavy atom. The van der Waals surface area contributed by atoms with E-state index in [-0.39, 0.29) is 18.2 Å². The molecule has 1 saturated heterocycles. The normalized spacial score (nSPS) is 24.5. The maximum atomic E-state index is 13.0. The summed E-state index contributed by atoms with van der Waals surface area (Å²) in [6.07, 6.45) is 4.01. The van der Waals surface area contributed by atoms with Crippen LogP contribution >= 0.6 is 0 Å². The van der Waals surface area contributed by atoms with Crippen molar-refractivity contribution in [1.82, 2.24) is 9.88 Å². The van der Waals surface area contributed by atoms with E-state index in [1.54, 1.807) is 14.0 Å². The number of rotatable bonds is 7. The first-order chi connectivity index (χ1) is 15.1. The van der Waals surface area contributed by atoms with Crippen LogP contribution in [0.5, 0.6) is 5.75 Å². The van der Waals surface area contributed by atoms with Crippen molar-refractivity contribution >= 4 is 28.5 Å². The lowest BCUT2D eigenvalue weighted by Crippen LogP contribution is -2.35. The Morgan fingerprint density at radius 2 is 2.03 bits per heavy atom. The van der Waals surface area contributed by atoms with Crippen molar-refractivity contribution in [3.63, 3.8) is 0 Å². The summed E-state index contributed by atoms with van der Waals surface area (Å²) in [5.74, 6) is 0.0641. The lowest BCUT2D eigenvalue weighted by molar-refractivity contribution is -0.116. The number of hydrogen-bond acceptors (Lipinski definition) is 5. The zero-order valence-corrected chi connectivity index (χ0v) is 19.8. The van der Waals surface area contributed by atoms with Crippen LogP contribution in [-0.4, -0.2) is 54.6 Å². The average molecular weight is 442 g/mol. The molecular formula is C25H35N3O4. The van der Waals surface area contributed by atoms with Gasteiger partial charge in [0, 0.05) is 36.5 Å². The number of hydrogen-bond donors (Lipinski definition) is 2. The highest BCUT2D eigenvalue weighted by Crippen LogP contribution is 2.52. The average Bonchev–Trinajstić information content (AvgIpc) is 3.19. The molecule has 4 rings (SSSR count). The number of ether oxygens (including phenoxy) is 2. The van der Waals surface area contributed by atoms with Crippen molar-refractivity contribution < 1.29 is 19.1 Å². The number of nitrogens with one attached hydrogen (secondary N) is 2. The van der Waals surface area contributed by atoms with Crippen LogP contribution in [0.25, 0.3) is 10.9 Å². The standard InChI is InChI=1S/C25H35N3O4/c1-6-32-23(30)22-21(18-11-17(31-5)7-8-19(18)26-22)27-20(29)9-10-28-15-25(4)13-16(28)12-24(2,3)14-25/h7-8,11,16,26H,6,9-10,12-15H2,1-5H3,(H,27,29)/t16-,25-/m0/s1. The van der Waals surface area contributed by atoms with Crippen LogP contribution < -0.4 is 10.1 Å². The highest BCUT2D eigenvalue weighted by Gasteiger charge is 2.49. The van der Waals surface area contributed by atoms with E-state index in [9.17, 15) is 9.59 Å². The molecule has 7 nitrogen and oxygen atoms in total. The summed E-state index contributed by atoms with van der Waals surface area (Å²) in [5, 5.41) is 3.71. The molecule has 7 heteroatoms. The minimum atomic E-state index is -0.485. The molecule has 2 bridgehead atoms. The summed E-state index contributed by atoms with van der Waals surface area (Å²) < 4.78 is 10.5. The number of nitrogens with zero attached hydrogens (tertiary/aromatic N) is 1. The Hall–Kier alpha value is -2.54. The largest absolute Gasteiger partial charge is 0.497 e. The number of carbonyl (C=O) groups excluding carboxylic acids is 2. The molecule has 2 aliphatic rings. The van der Waals surface area contributed by atoms with Crippen molar-refractivity contribution in [3.8, 4) is 5.75 Å². The van der Waals surface area contributed by atoms with Crippen LogP contribution in [0, 0.1) is 10.8 Å². The Bertz CT molecular complexity index is 1030. The van der Waals surface area contributed by atoms with Crippen LogP contribution in [0.3, 0.4) is 0 Å². The maximum Gasteiger partial charge on any atom is 0.356 e. The van der Waals surface area contributed by atoms with E-state index in [0.29, 0.717) is 34.7 Å². The monoisotopic (exact) mass is 441 g/mol. The van der Waals surface area contributed by atoms with E-state index in [0.717, 1.165) is 24.0 Å². The second kappa shape index (κ2) is 8.43. The molecule has 2 aromatic rings. The van der Waals surface area contributed by atoms with Gasteiger partial charge in [-0.3, -0.25) is 9.69 Å². The number of likely N-dealkylation sites (tertiary alicyclic amines) is 1. The molecule has 1 aromatic heterocycles. The van der Waals surface area contributed by atoms with Gasteiger partial charge in [0.25, 0.3) is 0 Å². The van der Waals surface area contributed by atoms with E-state index in [1.807, 2.05) is 18.2 Å². The molecule has 0 spiro atoms. The van der Waals surface area contributed by atoms with E-state index in [2.05, 4.69) is 36.0 Å². The van der Waals surface area contributed by atoms with Crippen LogP contribution in [0.2, 0.25) is 0 Å². The highest BCUT2D eigenvalue weighted by atomic mass is 16.5. The zero-order chi connectivity index (χ0) is 23.1. The SMILES string of the molecule is CCOC(=O)c1[nH]c2ccc(OC)cc2c1NC(=O)CCN1C[C@@]2(C)C[C@@H]1CC(C)(C)C2. The Balaban J connectivity index is 1.50. The van der Waals surface area contributed by atoms with Gasteiger partial charge in [0.1, 0.15) is 11.4 Å². The second-order valence-electron chi connectivity index (χ2n) is 10.5. The Kier molecular flexibility index (Phi) is 5.96. The summed E-state index contributed by atoms with van der Waals surface area (Å²) in [6, 6.07) is 6.01. The first kappa shape index (κ1) is 22.6. The summed E-state index contributed by atoms with van der Waals surface area (Å²) in [4.78, 5) is 31.1. The molecule has 1 aromatic carbocycles. The van der Waals surface area contributed by atoms with Gasteiger partial charge >= 0.3 is 5.97 Å². The van der Waals surface area contributed by atoms with Crippen molar-refractivity contribution in [2.24, 2.45) is 10.8 Å². The van der Waals surface area contributed by atoms with E-state index < -0.39 is 5.97 Å². The summed E-state index contributed by atoms with van der Waals surface area (Å²) in [5.41, 5.74) is 2.15. The van der Waals surface area contributed by atoms with Crippen molar-refractivity contribution in [1.29, 1.82) is 0 Å². The van der Waals surface area contributed by atoms with Crippen LogP contribution in [0.4, 0.5) is 5.69 Å². The molecule has 1 aliphatic carbocycles. The fourth-order valence-electron chi connectivity index (χ4n) is 6.07. The minimum absolute atomic E-state index is 0.106. The predicted molar refractivity (Wildman–Crippen MR) is 125 cm³/mol. The van der Waals surface area contributed by atoms with Crippen LogP contribution in [-0.2, 0) is 9.53 Å². The van der Waals surface area contributed by atoms with Gasteiger partial charge in [0.05, 0.1) is 19.4 Å². The number of amides is 1. The maximum absolute atomic E-state index is 13.0. The summed E-state index contributed by atoms with van der Waals surface area (Å²) in [6.45, 7) is 10.9. The number of H-pyrrole nitrogens is 1. The Labute approximate surface area is 189 Å². The van der Waals surface area contributed by atoms with Crippen molar-refractivity contribution in [2.45, 2.75) is 59.4 Å². The summed E-state index contributed by atoms with van der Waals surface area (Å²) in [7, 11) is 1.59. The molecule has 0 unspecified atom stereocenters. The van der Waals surface area contributed by atoms with Gasteiger partial charge in [-0.1, -0.05) is 20.8 Å². The third kappa shape index (κ3) is 4.49. The van der Waals surface area contributed by atoms with Gasteiger partial charge in [0.2, 0.25) is 5.91 Å². The molecule has 0 radical (unpaired) electrons. The van der Waals surface area contributed by atoms with E-state index in [1.165, 1.54) is 19.3 Å². The first-order valence-corrected chi connectivity index (χ1v) is 11.5. The molecule has 32 heavy (non-hydrogen) atoms. The zero-order valence-electron chi connectivity index (χ0n) is 19.8. The quantitative estimate of drug-likeness (QED) is 0.615. The molecule has 1 aliphatic heterocycles. The molecule has 1 amide bonds. The third-order valence-corrected chi connectivity index (χ3v) is 6.90. The van der Waals surface area contributed by atoms with Gasteiger partial charge in [-0.05, 0) is 55.2 Å². The lowest BCUT2D eigenvalue weighted by atomic mass is 9.65. The van der Waals surface area contributed by atoms with Crippen LogP contribution in [0.15, 0.2) is 18.2 Å².